The van der Waals surface area contributed by atoms with Crippen molar-refractivity contribution in [2.75, 3.05) is 5.32 Å². The Morgan fingerprint density at radius 3 is 2.64 bits per heavy atom. The Balaban J connectivity index is 1.89. The van der Waals surface area contributed by atoms with Crippen molar-refractivity contribution in [3.63, 3.8) is 0 Å². The van der Waals surface area contributed by atoms with Crippen LogP contribution in [0.25, 0.3) is 11.1 Å². The van der Waals surface area contributed by atoms with Crippen molar-refractivity contribution in [1.29, 1.82) is 0 Å². The number of carbonyl (C=O) groups is 1. The summed E-state index contributed by atoms with van der Waals surface area (Å²) < 4.78 is 0. The molecule has 0 bridgehead atoms. The topological polar surface area (TPSA) is 67.8 Å². The predicted molar refractivity (Wildman–Crippen MR) is 84.4 cm³/mol. The normalized spacial score (nSPS) is 10.2. The van der Waals surface area contributed by atoms with Crippen LogP contribution < -0.4 is 5.32 Å². The molecule has 5 heteroatoms. The second-order valence-corrected chi connectivity index (χ2v) is 4.86. The van der Waals surface area contributed by atoms with Gasteiger partial charge in [0.2, 0.25) is 0 Å². The average molecular weight is 290 g/mol. The number of amides is 1. The number of rotatable bonds is 3. The maximum absolute atomic E-state index is 12.2. The van der Waals surface area contributed by atoms with Gasteiger partial charge < -0.3 is 5.32 Å². The van der Waals surface area contributed by atoms with Gasteiger partial charge in [0.15, 0.2) is 0 Å². The molecule has 0 spiro atoms. The van der Waals surface area contributed by atoms with Crippen LogP contribution in [0.1, 0.15) is 15.9 Å². The number of aryl methyl sites for hydroxylation is 1. The molecule has 3 rings (SSSR count). The Labute approximate surface area is 128 Å². The number of nitrogens with one attached hydrogen (secondary N) is 1. The van der Waals surface area contributed by atoms with E-state index in [1.807, 2.05) is 37.3 Å². The molecular weight excluding hydrogens is 276 g/mol. The minimum absolute atomic E-state index is 0.207. The van der Waals surface area contributed by atoms with E-state index in [1.165, 1.54) is 12.4 Å². The predicted octanol–water partition coefficient (Wildman–Crippen LogP) is 3.10. The lowest BCUT2D eigenvalue weighted by Gasteiger charge is -2.10. The molecule has 1 amide bonds. The molecule has 1 aromatic carbocycles. The lowest BCUT2D eigenvalue weighted by molar-refractivity contribution is 0.102. The standard InChI is InChI=1S/C17H14N4O/c1-12-4-5-13(14-3-2-7-18-10-14)9-16(12)21-17(22)15-6-8-19-20-11-15/h2-11H,1H3,(H,21,22). The van der Waals surface area contributed by atoms with E-state index in [1.54, 1.807) is 18.5 Å². The molecule has 0 aliphatic rings. The molecule has 0 fully saturated rings. The van der Waals surface area contributed by atoms with Gasteiger partial charge in [0.25, 0.3) is 5.91 Å². The SMILES string of the molecule is Cc1ccc(-c2cccnc2)cc1NC(=O)c1ccnnc1. The smallest absolute Gasteiger partial charge is 0.257 e. The minimum atomic E-state index is -0.207. The summed E-state index contributed by atoms with van der Waals surface area (Å²) in [6, 6.07) is 11.4. The number of aromatic nitrogens is 3. The van der Waals surface area contributed by atoms with Gasteiger partial charge in [-0.3, -0.25) is 9.78 Å². The Morgan fingerprint density at radius 1 is 1.00 bits per heavy atom. The van der Waals surface area contributed by atoms with Gasteiger partial charge in [-0.2, -0.15) is 10.2 Å². The summed E-state index contributed by atoms with van der Waals surface area (Å²) in [5, 5.41) is 10.3. The zero-order valence-electron chi connectivity index (χ0n) is 12.0. The maximum atomic E-state index is 12.2. The highest BCUT2D eigenvalue weighted by molar-refractivity contribution is 6.04. The highest BCUT2D eigenvalue weighted by Gasteiger charge is 2.09. The Bertz CT molecular complexity index is 788. The van der Waals surface area contributed by atoms with Crippen LogP contribution in [0.3, 0.4) is 0 Å². The first-order valence-corrected chi connectivity index (χ1v) is 6.83. The molecule has 108 valence electrons. The van der Waals surface area contributed by atoms with Gasteiger partial charge in [0.1, 0.15) is 0 Å². The molecular formula is C17H14N4O. The van der Waals surface area contributed by atoms with Gasteiger partial charge in [-0.25, -0.2) is 0 Å². The number of carbonyl (C=O) groups excluding carboxylic acids is 1. The number of benzene rings is 1. The van der Waals surface area contributed by atoms with Gasteiger partial charge >= 0.3 is 0 Å². The van der Waals surface area contributed by atoms with Crippen LogP contribution in [-0.4, -0.2) is 21.1 Å². The molecule has 2 heterocycles. The number of anilines is 1. The van der Waals surface area contributed by atoms with Crippen molar-refractivity contribution < 1.29 is 4.79 Å². The summed E-state index contributed by atoms with van der Waals surface area (Å²) in [6.45, 7) is 1.95. The van der Waals surface area contributed by atoms with Crippen LogP contribution in [0, 0.1) is 6.92 Å². The molecule has 5 nitrogen and oxygen atoms in total. The molecule has 0 saturated carbocycles. The first-order chi connectivity index (χ1) is 10.7. The second-order valence-electron chi connectivity index (χ2n) is 4.86. The molecule has 0 aliphatic heterocycles. The van der Waals surface area contributed by atoms with Gasteiger partial charge in [-0.1, -0.05) is 18.2 Å². The monoisotopic (exact) mass is 290 g/mol. The van der Waals surface area contributed by atoms with E-state index < -0.39 is 0 Å². The molecule has 0 saturated heterocycles. The summed E-state index contributed by atoms with van der Waals surface area (Å²) in [7, 11) is 0. The van der Waals surface area contributed by atoms with E-state index in [4.69, 9.17) is 0 Å². The molecule has 0 radical (unpaired) electrons. The van der Waals surface area contributed by atoms with Crippen molar-refractivity contribution in [1.82, 2.24) is 15.2 Å². The van der Waals surface area contributed by atoms with Gasteiger partial charge in [-0.05, 0) is 36.2 Å². The molecule has 2 aromatic heterocycles. The molecule has 3 aromatic rings. The van der Waals surface area contributed by atoms with Gasteiger partial charge in [0.05, 0.1) is 18.0 Å². The summed E-state index contributed by atoms with van der Waals surface area (Å²) in [5.74, 6) is -0.207. The highest BCUT2D eigenvalue weighted by atomic mass is 16.1. The second kappa shape index (κ2) is 6.13. The number of hydrogen-bond acceptors (Lipinski definition) is 4. The summed E-state index contributed by atoms with van der Waals surface area (Å²) >= 11 is 0. The average Bonchev–Trinajstić information content (AvgIpc) is 2.58. The fourth-order valence-corrected chi connectivity index (χ4v) is 2.09. The Hall–Kier alpha value is -3.08. The zero-order valence-corrected chi connectivity index (χ0v) is 12.0. The maximum Gasteiger partial charge on any atom is 0.257 e. The number of nitrogens with zero attached hydrogens (tertiary/aromatic N) is 3. The van der Waals surface area contributed by atoms with Crippen LogP contribution in [-0.2, 0) is 0 Å². The third kappa shape index (κ3) is 2.98. The first kappa shape index (κ1) is 13.9. The van der Waals surface area contributed by atoms with Crippen molar-refractivity contribution in [3.8, 4) is 11.1 Å². The number of pyridine rings is 1. The quantitative estimate of drug-likeness (QED) is 0.804. The van der Waals surface area contributed by atoms with Crippen molar-refractivity contribution >= 4 is 11.6 Å². The van der Waals surface area contributed by atoms with Crippen molar-refractivity contribution in [3.05, 3.63) is 72.3 Å². The van der Waals surface area contributed by atoms with Crippen LogP contribution in [0.5, 0.6) is 0 Å². The summed E-state index contributed by atoms with van der Waals surface area (Å²) in [5.41, 5.74) is 4.23. The zero-order chi connectivity index (χ0) is 15.4. The van der Waals surface area contributed by atoms with E-state index >= 15 is 0 Å². The van der Waals surface area contributed by atoms with E-state index in [0.29, 0.717) is 5.56 Å². The fraction of sp³-hybridized carbons (Fsp3) is 0.0588. The van der Waals surface area contributed by atoms with Crippen LogP contribution in [0.15, 0.2) is 61.2 Å². The summed E-state index contributed by atoms with van der Waals surface area (Å²) in [4.78, 5) is 16.3. The van der Waals surface area contributed by atoms with Crippen LogP contribution in [0.4, 0.5) is 5.69 Å². The van der Waals surface area contributed by atoms with Gasteiger partial charge in [-0.15, -0.1) is 0 Å². The van der Waals surface area contributed by atoms with Crippen LogP contribution >= 0.6 is 0 Å². The highest BCUT2D eigenvalue weighted by Crippen LogP contribution is 2.25. The van der Waals surface area contributed by atoms with Crippen molar-refractivity contribution in [2.45, 2.75) is 6.92 Å². The molecule has 1 N–H and O–H groups in total. The van der Waals surface area contributed by atoms with E-state index in [2.05, 4.69) is 20.5 Å². The van der Waals surface area contributed by atoms with E-state index in [-0.39, 0.29) is 5.91 Å². The Morgan fingerprint density at radius 2 is 1.91 bits per heavy atom. The molecule has 0 aliphatic carbocycles. The summed E-state index contributed by atoms with van der Waals surface area (Å²) in [6.07, 6.45) is 6.46. The van der Waals surface area contributed by atoms with Gasteiger partial charge in [0, 0.05) is 23.6 Å². The van der Waals surface area contributed by atoms with Crippen LogP contribution in [0.2, 0.25) is 0 Å². The molecule has 0 atom stereocenters. The first-order valence-electron chi connectivity index (χ1n) is 6.83. The third-order valence-corrected chi connectivity index (χ3v) is 3.33. The largest absolute Gasteiger partial charge is 0.322 e. The van der Waals surface area contributed by atoms with E-state index in [0.717, 1.165) is 22.4 Å². The third-order valence-electron chi connectivity index (χ3n) is 3.33. The van der Waals surface area contributed by atoms with E-state index in [9.17, 15) is 4.79 Å². The lowest BCUT2D eigenvalue weighted by atomic mass is 10.0. The fourth-order valence-electron chi connectivity index (χ4n) is 2.09. The molecule has 0 unspecified atom stereocenters. The minimum Gasteiger partial charge on any atom is -0.322 e. The molecule has 22 heavy (non-hydrogen) atoms. The lowest BCUT2D eigenvalue weighted by Crippen LogP contribution is -2.13. The number of hydrogen-bond donors (Lipinski definition) is 1. The van der Waals surface area contributed by atoms with Crippen molar-refractivity contribution in [2.24, 2.45) is 0 Å². The Kier molecular flexibility index (Phi) is 3.87.